The Morgan fingerprint density at radius 2 is 2.22 bits per heavy atom. The van der Waals surface area contributed by atoms with Gasteiger partial charge in [-0.2, -0.15) is 0 Å². The van der Waals surface area contributed by atoms with Gasteiger partial charge in [0.1, 0.15) is 11.9 Å². The molecule has 94 valence electrons. The molecule has 3 N–H and O–H groups in total. The molecule has 0 fully saturated rings. The third kappa shape index (κ3) is 2.19. The summed E-state index contributed by atoms with van der Waals surface area (Å²) in [6.07, 6.45) is 0.293. The molecule has 1 heterocycles. The number of nitrogens with zero attached hydrogens (tertiary/aromatic N) is 2. The second-order valence-corrected chi connectivity index (χ2v) is 4.57. The van der Waals surface area contributed by atoms with Crippen molar-refractivity contribution in [1.82, 2.24) is 9.55 Å². The van der Waals surface area contributed by atoms with Crippen LogP contribution in [0.25, 0.3) is 11.0 Å². The van der Waals surface area contributed by atoms with E-state index >= 15 is 0 Å². The minimum atomic E-state index is -0.914. The summed E-state index contributed by atoms with van der Waals surface area (Å²) < 4.78 is 1.66. The van der Waals surface area contributed by atoms with Crippen molar-refractivity contribution in [3.63, 3.8) is 0 Å². The normalized spacial score (nSPS) is 12.5. The summed E-state index contributed by atoms with van der Waals surface area (Å²) in [5.41, 5.74) is 7.05. The molecule has 0 radical (unpaired) electrons. The first kappa shape index (κ1) is 12.5. The zero-order chi connectivity index (χ0) is 13.3. The summed E-state index contributed by atoms with van der Waals surface area (Å²) in [4.78, 5) is 15.9. The molecule has 1 aromatic heterocycles. The molecule has 1 aromatic carbocycles. The van der Waals surface area contributed by atoms with Crippen molar-refractivity contribution in [2.24, 2.45) is 5.73 Å². The van der Waals surface area contributed by atoms with Crippen LogP contribution < -0.4 is 5.73 Å². The highest BCUT2D eigenvalue weighted by molar-refractivity contribution is 7.80. The number of aliphatic carboxylic acids is 1. The van der Waals surface area contributed by atoms with Crippen LogP contribution in [0.3, 0.4) is 0 Å². The van der Waals surface area contributed by atoms with Gasteiger partial charge in [0.2, 0.25) is 0 Å². The van der Waals surface area contributed by atoms with Gasteiger partial charge in [-0.3, -0.25) is 0 Å². The van der Waals surface area contributed by atoms with Crippen LogP contribution in [0.4, 0.5) is 0 Å². The van der Waals surface area contributed by atoms with Crippen molar-refractivity contribution in [1.29, 1.82) is 0 Å². The molecule has 0 saturated heterocycles. The fourth-order valence-corrected chi connectivity index (χ4v) is 2.05. The second-order valence-electron chi connectivity index (χ2n) is 4.04. The minimum absolute atomic E-state index is 0.293. The molecule has 0 bridgehead atoms. The molecule has 1 unspecified atom stereocenters. The second kappa shape index (κ2) is 4.73. The lowest BCUT2D eigenvalue weighted by Gasteiger charge is -2.13. The van der Waals surface area contributed by atoms with Gasteiger partial charge in [0.25, 0.3) is 0 Å². The van der Waals surface area contributed by atoms with E-state index in [0.29, 0.717) is 17.2 Å². The number of rotatable bonds is 4. The molecule has 2 rings (SSSR count). The molecule has 0 amide bonds. The minimum Gasteiger partial charge on any atom is -0.480 e. The number of benzene rings is 1. The van der Waals surface area contributed by atoms with Crippen LogP contribution in [0.5, 0.6) is 0 Å². The molecule has 0 aliphatic rings. The van der Waals surface area contributed by atoms with E-state index in [2.05, 4.69) is 4.98 Å². The van der Waals surface area contributed by atoms with Gasteiger partial charge in [0.15, 0.2) is 0 Å². The van der Waals surface area contributed by atoms with E-state index < -0.39 is 12.0 Å². The average molecular weight is 263 g/mol. The summed E-state index contributed by atoms with van der Waals surface area (Å²) in [6, 6.07) is 6.67. The van der Waals surface area contributed by atoms with Gasteiger partial charge in [0.05, 0.1) is 22.4 Å². The molecule has 18 heavy (non-hydrogen) atoms. The van der Waals surface area contributed by atoms with Gasteiger partial charge in [-0.05, 0) is 19.1 Å². The van der Waals surface area contributed by atoms with Crippen LogP contribution >= 0.6 is 12.2 Å². The number of carbonyl (C=O) groups is 1. The highest BCUT2D eigenvalue weighted by Crippen LogP contribution is 2.21. The maximum atomic E-state index is 11.2. The first-order chi connectivity index (χ1) is 8.50. The van der Waals surface area contributed by atoms with E-state index in [0.717, 1.165) is 11.0 Å². The third-order valence-corrected chi connectivity index (χ3v) is 2.89. The molecule has 0 aliphatic heterocycles. The SMILES string of the molecule is CC(C(=O)O)n1c(CC(N)=S)nc2ccccc21. The highest BCUT2D eigenvalue weighted by atomic mass is 32.1. The predicted octanol–water partition coefficient (Wildman–Crippen LogP) is 1.51. The smallest absolute Gasteiger partial charge is 0.326 e. The van der Waals surface area contributed by atoms with Crippen LogP contribution in [0.15, 0.2) is 24.3 Å². The highest BCUT2D eigenvalue weighted by Gasteiger charge is 2.20. The van der Waals surface area contributed by atoms with Crippen molar-refractivity contribution in [3.05, 3.63) is 30.1 Å². The fourth-order valence-electron chi connectivity index (χ4n) is 1.92. The van der Waals surface area contributed by atoms with Crippen molar-refractivity contribution in [3.8, 4) is 0 Å². The van der Waals surface area contributed by atoms with Gasteiger partial charge in [-0.25, -0.2) is 9.78 Å². The Morgan fingerprint density at radius 1 is 1.56 bits per heavy atom. The quantitative estimate of drug-likeness (QED) is 0.817. The zero-order valence-corrected chi connectivity index (χ0v) is 10.6. The Labute approximate surface area is 109 Å². The maximum Gasteiger partial charge on any atom is 0.326 e. The summed E-state index contributed by atoms with van der Waals surface area (Å²) in [7, 11) is 0. The Kier molecular flexibility index (Phi) is 3.29. The average Bonchev–Trinajstić information content (AvgIpc) is 2.64. The third-order valence-electron chi connectivity index (χ3n) is 2.75. The first-order valence-corrected chi connectivity index (χ1v) is 5.88. The number of hydrogen-bond donors (Lipinski definition) is 2. The molecule has 5 nitrogen and oxygen atoms in total. The molecule has 0 aliphatic carbocycles. The van der Waals surface area contributed by atoms with Crippen molar-refractivity contribution in [2.45, 2.75) is 19.4 Å². The molecule has 1 atom stereocenters. The molecule has 0 spiro atoms. The number of carboxylic acids is 1. The summed E-state index contributed by atoms with van der Waals surface area (Å²) >= 11 is 4.87. The number of para-hydroxylation sites is 2. The van der Waals surface area contributed by atoms with Crippen molar-refractivity contribution >= 4 is 34.2 Å². The Morgan fingerprint density at radius 3 is 2.83 bits per heavy atom. The lowest BCUT2D eigenvalue weighted by atomic mass is 10.2. The van der Waals surface area contributed by atoms with Gasteiger partial charge in [-0.15, -0.1) is 0 Å². The Balaban J connectivity index is 2.64. The summed E-state index contributed by atoms with van der Waals surface area (Å²) in [5.74, 6) is -0.332. The Bertz CT molecular complexity index is 621. The summed E-state index contributed by atoms with van der Waals surface area (Å²) in [5, 5.41) is 9.16. The monoisotopic (exact) mass is 263 g/mol. The van der Waals surface area contributed by atoms with Crippen LogP contribution in [-0.2, 0) is 11.2 Å². The first-order valence-electron chi connectivity index (χ1n) is 5.47. The lowest BCUT2D eigenvalue weighted by molar-refractivity contribution is -0.140. The number of aromatic nitrogens is 2. The summed E-state index contributed by atoms with van der Waals surface area (Å²) in [6.45, 7) is 1.61. The van der Waals surface area contributed by atoms with Crippen LogP contribution in [0, 0.1) is 0 Å². The van der Waals surface area contributed by atoms with Crippen LogP contribution in [-0.4, -0.2) is 25.6 Å². The van der Waals surface area contributed by atoms with Gasteiger partial charge < -0.3 is 15.4 Å². The topological polar surface area (TPSA) is 81.1 Å². The van der Waals surface area contributed by atoms with Crippen molar-refractivity contribution in [2.75, 3.05) is 0 Å². The number of carboxylic acid groups (broad SMARTS) is 1. The number of fused-ring (bicyclic) bond motifs is 1. The van der Waals surface area contributed by atoms with E-state index in [4.69, 9.17) is 23.1 Å². The maximum absolute atomic E-state index is 11.2. The van der Waals surface area contributed by atoms with E-state index in [9.17, 15) is 4.79 Å². The van der Waals surface area contributed by atoms with Crippen LogP contribution in [0.1, 0.15) is 18.8 Å². The molecule has 0 saturated carbocycles. The molecular weight excluding hydrogens is 250 g/mol. The molecule has 2 aromatic rings. The number of nitrogens with two attached hydrogens (primary N) is 1. The van der Waals surface area contributed by atoms with Crippen molar-refractivity contribution < 1.29 is 9.90 Å². The van der Waals surface area contributed by atoms with E-state index in [1.807, 2.05) is 24.3 Å². The van der Waals surface area contributed by atoms with Gasteiger partial charge >= 0.3 is 5.97 Å². The molecular formula is C12H13N3O2S. The standard InChI is InChI=1S/C12H13N3O2S/c1-7(12(16)17)15-9-5-3-2-4-8(9)14-11(15)6-10(13)18/h2-5,7H,6H2,1H3,(H2,13,18)(H,16,17). The van der Waals surface area contributed by atoms with E-state index in [1.165, 1.54) is 0 Å². The Hall–Kier alpha value is -1.95. The number of imidazole rings is 1. The number of thiocarbonyl (C=S) groups is 1. The van der Waals surface area contributed by atoms with E-state index in [1.54, 1.807) is 11.5 Å². The number of hydrogen-bond acceptors (Lipinski definition) is 3. The molecule has 6 heteroatoms. The predicted molar refractivity (Wildman–Crippen MR) is 72.6 cm³/mol. The zero-order valence-electron chi connectivity index (χ0n) is 9.83. The largest absolute Gasteiger partial charge is 0.480 e. The lowest BCUT2D eigenvalue weighted by Crippen LogP contribution is -2.21. The fraction of sp³-hybridized carbons (Fsp3) is 0.250. The van der Waals surface area contributed by atoms with Gasteiger partial charge in [-0.1, -0.05) is 24.4 Å². The van der Waals surface area contributed by atoms with Crippen LogP contribution in [0.2, 0.25) is 0 Å². The van der Waals surface area contributed by atoms with Gasteiger partial charge in [0, 0.05) is 0 Å². The van der Waals surface area contributed by atoms with E-state index in [-0.39, 0.29) is 0 Å².